The van der Waals surface area contributed by atoms with E-state index in [-0.39, 0.29) is 11.8 Å². The van der Waals surface area contributed by atoms with Crippen LogP contribution in [0.3, 0.4) is 0 Å². The summed E-state index contributed by atoms with van der Waals surface area (Å²) in [5, 5.41) is 11.4. The molecule has 2 amide bonds. The van der Waals surface area contributed by atoms with Crippen molar-refractivity contribution in [3.8, 4) is 0 Å². The smallest absolute Gasteiger partial charge is 0.332 e. The third kappa shape index (κ3) is 2.70. The van der Waals surface area contributed by atoms with Crippen LogP contribution >= 0.6 is 0 Å². The Balaban J connectivity index is 2.00. The monoisotopic (exact) mass is 270 g/mol. The number of ether oxygens (including phenoxy) is 1. The zero-order chi connectivity index (χ0) is 14.0. The maximum absolute atomic E-state index is 12.3. The molecule has 2 N–H and O–H groups in total. The number of carbonyl (C=O) groups is 3. The average molecular weight is 270 g/mol. The molecule has 3 unspecified atom stereocenters. The lowest BCUT2D eigenvalue weighted by molar-refractivity contribution is -0.156. The molecule has 7 nitrogen and oxygen atoms in total. The lowest BCUT2D eigenvalue weighted by Gasteiger charge is -2.25. The number of likely N-dealkylation sites (N-methyl/N-ethyl adjacent to an activating group) is 1. The van der Waals surface area contributed by atoms with Gasteiger partial charge in [-0.2, -0.15) is 0 Å². The fourth-order valence-corrected chi connectivity index (χ4v) is 2.66. The van der Waals surface area contributed by atoms with E-state index < -0.39 is 24.2 Å². The number of hydrogen-bond acceptors (Lipinski definition) is 4. The zero-order valence-corrected chi connectivity index (χ0v) is 10.8. The van der Waals surface area contributed by atoms with Crippen LogP contribution in [0.15, 0.2) is 0 Å². The summed E-state index contributed by atoms with van der Waals surface area (Å²) in [6.45, 7) is 0.522. The van der Waals surface area contributed by atoms with E-state index in [0.29, 0.717) is 25.8 Å². The van der Waals surface area contributed by atoms with Gasteiger partial charge in [-0.05, 0) is 25.7 Å². The molecule has 2 saturated heterocycles. The van der Waals surface area contributed by atoms with Gasteiger partial charge in [-0.1, -0.05) is 0 Å². The molecule has 0 radical (unpaired) electrons. The van der Waals surface area contributed by atoms with Crippen LogP contribution in [0.25, 0.3) is 0 Å². The van der Waals surface area contributed by atoms with E-state index in [1.54, 1.807) is 0 Å². The summed E-state index contributed by atoms with van der Waals surface area (Å²) in [5.74, 6) is -1.49. The number of hydrogen-bond donors (Lipinski definition) is 2. The first-order valence-electron chi connectivity index (χ1n) is 6.45. The second-order valence-electron chi connectivity index (χ2n) is 4.83. The first kappa shape index (κ1) is 13.8. The fraction of sp³-hybridized carbons (Fsp3) is 0.750. The Kier molecular flexibility index (Phi) is 4.04. The minimum Gasteiger partial charge on any atom is -0.479 e. The van der Waals surface area contributed by atoms with E-state index in [0.717, 1.165) is 6.42 Å². The number of nitrogens with zero attached hydrogens (tertiary/aromatic N) is 1. The highest BCUT2D eigenvalue weighted by Gasteiger charge is 2.41. The summed E-state index contributed by atoms with van der Waals surface area (Å²) in [7, 11) is 1.54. The second kappa shape index (κ2) is 5.56. The van der Waals surface area contributed by atoms with Crippen molar-refractivity contribution in [2.75, 3.05) is 13.6 Å². The molecule has 0 spiro atoms. The molecule has 0 aromatic heterocycles. The Morgan fingerprint density at radius 2 is 1.89 bits per heavy atom. The molecule has 106 valence electrons. The van der Waals surface area contributed by atoms with Gasteiger partial charge in [-0.25, -0.2) is 4.79 Å². The molecular weight excluding hydrogens is 252 g/mol. The molecule has 0 aromatic rings. The number of likely N-dealkylation sites (tertiary alicyclic amines) is 1. The molecule has 0 saturated carbocycles. The molecule has 2 aliphatic rings. The maximum atomic E-state index is 12.3. The highest BCUT2D eigenvalue weighted by atomic mass is 16.5. The maximum Gasteiger partial charge on any atom is 0.332 e. The summed E-state index contributed by atoms with van der Waals surface area (Å²) >= 11 is 0. The Hall–Kier alpha value is -1.63. The fourth-order valence-electron chi connectivity index (χ4n) is 2.66. The molecule has 2 rings (SSSR count). The second-order valence-corrected chi connectivity index (χ2v) is 4.83. The van der Waals surface area contributed by atoms with Crippen LogP contribution in [0.4, 0.5) is 0 Å². The topological polar surface area (TPSA) is 95.9 Å². The summed E-state index contributed by atoms with van der Waals surface area (Å²) in [5.41, 5.74) is 0. The number of carboxylic acid groups (broad SMARTS) is 1. The molecule has 2 fully saturated rings. The van der Waals surface area contributed by atoms with E-state index in [2.05, 4.69) is 5.32 Å². The van der Waals surface area contributed by atoms with Gasteiger partial charge < -0.3 is 20.1 Å². The third-order valence-electron chi connectivity index (χ3n) is 3.66. The van der Waals surface area contributed by atoms with Crippen molar-refractivity contribution in [3.05, 3.63) is 0 Å². The molecule has 2 aliphatic heterocycles. The number of aliphatic carboxylic acids is 1. The summed E-state index contributed by atoms with van der Waals surface area (Å²) < 4.78 is 5.24. The van der Waals surface area contributed by atoms with E-state index in [1.807, 2.05) is 0 Å². The molecule has 3 atom stereocenters. The summed E-state index contributed by atoms with van der Waals surface area (Å²) in [6, 6.07) is -0.454. The third-order valence-corrected chi connectivity index (χ3v) is 3.66. The van der Waals surface area contributed by atoms with Crippen molar-refractivity contribution < 1.29 is 24.2 Å². The SMILES string of the molecule is CNC(=O)C1CCCN1C(=O)C1CCC(C(=O)O)O1. The highest BCUT2D eigenvalue weighted by Crippen LogP contribution is 2.25. The predicted molar refractivity (Wildman–Crippen MR) is 64.3 cm³/mol. The average Bonchev–Trinajstić information content (AvgIpc) is 3.05. The van der Waals surface area contributed by atoms with Crippen molar-refractivity contribution >= 4 is 17.8 Å². The molecule has 0 aromatic carbocycles. The van der Waals surface area contributed by atoms with Crippen LogP contribution in [-0.2, 0) is 19.1 Å². The minimum absolute atomic E-state index is 0.182. The van der Waals surface area contributed by atoms with Crippen molar-refractivity contribution in [3.63, 3.8) is 0 Å². The lowest BCUT2D eigenvalue weighted by atomic mass is 10.1. The van der Waals surface area contributed by atoms with E-state index in [1.165, 1.54) is 11.9 Å². The van der Waals surface area contributed by atoms with Gasteiger partial charge >= 0.3 is 5.97 Å². The van der Waals surface area contributed by atoms with Gasteiger partial charge in [-0.15, -0.1) is 0 Å². The number of nitrogens with one attached hydrogen (secondary N) is 1. The number of carbonyl (C=O) groups excluding carboxylic acids is 2. The van der Waals surface area contributed by atoms with Gasteiger partial charge in [0, 0.05) is 13.6 Å². The van der Waals surface area contributed by atoms with Gasteiger partial charge in [0.05, 0.1) is 0 Å². The van der Waals surface area contributed by atoms with Crippen LogP contribution in [0.1, 0.15) is 25.7 Å². The molecular formula is C12H18N2O5. The standard InChI is InChI=1S/C12H18N2O5/c1-13-10(15)7-3-2-6-14(7)11(16)8-4-5-9(19-8)12(17)18/h7-9H,2-6H2,1H3,(H,13,15)(H,17,18). The Bertz CT molecular complexity index is 398. The van der Waals surface area contributed by atoms with Gasteiger partial charge in [0.25, 0.3) is 5.91 Å². The number of carboxylic acids is 1. The Morgan fingerprint density at radius 1 is 1.21 bits per heavy atom. The highest BCUT2D eigenvalue weighted by molar-refractivity contribution is 5.90. The van der Waals surface area contributed by atoms with Crippen LogP contribution in [0, 0.1) is 0 Å². The van der Waals surface area contributed by atoms with Gasteiger partial charge in [0.1, 0.15) is 12.1 Å². The van der Waals surface area contributed by atoms with Crippen LogP contribution in [-0.4, -0.2) is 59.6 Å². The van der Waals surface area contributed by atoms with Gasteiger partial charge in [0.2, 0.25) is 5.91 Å². The molecule has 7 heteroatoms. The Morgan fingerprint density at radius 3 is 2.47 bits per heavy atom. The van der Waals surface area contributed by atoms with Crippen molar-refractivity contribution in [2.24, 2.45) is 0 Å². The first-order valence-corrected chi connectivity index (χ1v) is 6.45. The van der Waals surface area contributed by atoms with Crippen molar-refractivity contribution in [1.82, 2.24) is 10.2 Å². The number of rotatable bonds is 3. The van der Waals surface area contributed by atoms with Gasteiger partial charge in [0.15, 0.2) is 6.10 Å². The summed E-state index contributed by atoms with van der Waals surface area (Å²) in [6.07, 6.45) is 0.512. The normalized spacial score (nSPS) is 30.4. The van der Waals surface area contributed by atoms with Crippen LogP contribution in [0.5, 0.6) is 0 Å². The number of amides is 2. The Labute approximate surface area is 110 Å². The molecule has 0 bridgehead atoms. The van der Waals surface area contributed by atoms with E-state index in [4.69, 9.17) is 9.84 Å². The van der Waals surface area contributed by atoms with Crippen molar-refractivity contribution in [2.45, 2.75) is 43.9 Å². The molecule has 0 aliphatic carbocycles. The van der Waals surface area contributed by atoms with Gasteiger partial charge in [-0.3, -0.25) is 9.59 Å². The molecule has 2 heterocycles. The zero-order valence-electron chi connectivity index (χ0n) is 10.8. The summed E-state index contributed by atoms with van der Waals surface area (Å²) in [4.78, 5) is 36.3. The minimum atomic E-state index is -1.04. The van der Waals surface area contributed by atoms with E-state index >= 15 is 0 Å². The van der Waals surface area contributed by atoms with Crippen LogP contribution in [0.2, 0.25) is 0 Å². The lowest BCUT2D eigenvalue weighted by Crippen LogP contribution is -2.48. The molecule has 19 heavy (non-hydrogen) atoms. The quantitative estimate of drug-likeness (QED) is 0.711. The largest absolute Gasteiger partial charge is 0.479 e. The first-order chi connectivity index (χ1) is 9.04. The van der Waals surface area contributed by atoms with Crippen LogP contribution < -0.4 is 5.32 Å². The van der Waals surface area contributed by atoms with Crippen molar-refractivity contribution in [1.29, 1.82) is 0 Å². The predicted octanol–water partition coefficient (Wildman–Crippen LogP) is -0.644. The van der Waals surface area contributed by atoms with E-state index in [9.17, 15) is 14.4 Å².